The molecule has 0 saturated carbocycles. The number of benzene rings is 2. The van der Waals surface area contributed by atoms with Gasteiger partial charge in [-0.25, -0.2) is 0 Å². The van der Waals surface area contributed by atoms with Crippen LogP contribution in [0.3, 0.4) is 0 Å². The number of anilines is 1. The summed E-state index contributed by atoms with van der Waals surface area (Å²) in [4.78, 5) is 12.1. The first-order valence-electron chi connectivity index (χ1n) is 8.32. The highest BCUT2D eigenvalue weighted by molar-refractivity contribution is 9.10. The molecule has 2 aromatic carbocycles. The Balaban J connectivity index is 1.56. The average molecular weight is 447 g/mol. The molecule has 0 spiro atoms. The summed E-state index contributed by atoms with van der Waals surface area (Å²) < 4.78 is 8.71. The molecule has 8 heteroatoms. The lowest BCUT2D eigenvalue weighted by atomic mass is 10.3. The van der Waals surface area contributed by atoms with Gasteiger partial charge in [0.05, 0.1) is 5.75 Å². The maximum Gasteiger partial charge on any atom is 0.234 e. The standard InChI is InChI=1S/C19H19BrN4O2S/c1-13(26-16-6-4-3-5-7-16)18-22-23-19(24(18)2)27-12-17(25)21-15-10-8-14(20)9-11-15/h3-11,13H,12H2,1-2H3,(H,21,25). The molecule has 1 N–H and O–H groups in total. The maximum absolute atomic E-state index is 12.1. The van der Waals surface area contributed by atoms with E-state index in [2.05, 4.69) is 31.4 Å². The van der Waals surface area contributed by atoms with Crippen molar-refractivity contribution in [2.24, 2.45) is 7.05 Å². The van der Waals surface area contributed by atoms with Gasteiger partial charge in [0.2, 0.25) is 5.91 Å². The molecule has 1 unspecified atom stereocenters. The predicted molar refractivity (Wildman–Crippen MR) is 110 cm³/mol. The molecule has 1 aromatic heterocycles. The first-order valence-corrected chi connectivity index (χ1v) is 10.1. The van der Waals surface area contributed by atoms with Gasteiger partial charge in [0.1, 0.15) is 5.75 Å². The number of nitrogens with zero attached hydrogens (tertiary/aromatic N) is 3. The smallest absolute Gasteiger partial charge is 0.234 e. The van der Waals surface area contributed by atoms with Crippen molar-refractivity contribution in [3.05, 3.63) is 64.9 Å². The number of carbonyl (C=O) groups is 1. The summed E-state index contributed by atoms with van der Waals surface area (Å²) in [6.45, 7) is 1.92. The molecule has 0 saturated heterocycles. The number of amides is 1. The van der Waals surface area contributed by atoms with Gasteiger partial charge >= 0.3 is 0 Å². The first-order chi connectivity index (χ1) is 13.0. The van der Waals surface area contributed by atoms with Crippen LogP contribution in [-0.2, 0) is 11.8 Å². The van der Waals surface area contributed by atoms with Gasteiger partial charge in [0, 0.05) is 17.2 Å². The molecule has 3 rings (SSSR count). The van der Waals surface area contributed by atoms with Crippen molar-refractivity contribution in [2.45, 2.75) is 18.2 Å². The van der Waals surface area contributed by atoms with Crippen LogP contribution in [0.15, 0.2) is 64.2 Å². The number of nitrogens with one attached hydrogen (secondary N) is 1. The van der Waals surface area contributed by atoms with E-state index in [9.17, 15) is 4.79 Å². The van der Waals surface area contributed by atoms with Gasteiger partial charge in [-0.05, 0) is 43.3 Å². The van der Waals surface area contributed by atoms with Crippen LogP contribution in [-0.4, -0.2) is 26.4 Å². The summed E-state index contributed by atoms with van der Waals surface area (Å²) in [7, 11) is 1.87. The van der Waals surface area contributed by atoms with Crippen molar-refractivity contribution < 1.29 is 9.53 Å². The minimum Gasteiger partial charge on any atom is -0.483 e. The van der Waals surface area contributed by atoms with Crippen molar-refractivity contribution in [3.8, 4) is 5.75 Å². The molecule has 0 aliphatic rings. The molecule has 27 heavy (non-hydrogen) atoms. The van der Waals surface area contributed by atoms with Gasteiger partial charge in [-0.3, -0.25) is 4.79 Å². The molecule has 0 fully saturated rings. The first kappa shape index (κ1) is 19.4. The molecule has 140 valence electrons. The number of thioether (sulfide) groups is 1. The van der Waals surface area contributed by atoms with Crippen molar-refractivity contribution in [1.29, 1.82) is 0 Å². The molecule has 1 atom stereocenters. The summed E-state index contributed by atoms with van der Waals surface area (Å²) in [6, 6.07) is 17.0. The minimum atomic E-state index is -0.254. The second-order valence-corrected chi connectivity index (χ2v) is 7.67. The lowest BCUT2D eigenvalue weighted by molar-refractivity contribution is -0.113. The van der Waals surface area contributed by atoms with Crippen LogP contribution in [0.25, 0.3) is 0 Å². The average Bonchev–Trinajstić information content (AvgIpc) is 3.03. The summed E-state index contributed by atoms with van der Waals surface area (Å²) in [5.41, 5.74) is 0.757. The van der Waals surface area contributed by atoms with Gasteiger partial charge in [-0.2, -0.15) is 0 Å². The van der Waals surface area contributed by atoms with Crippen LogP contribution in [0.2, 0.25) is 0 Å². The number of rotatable bonds is 7. The largest absolute Gasteiger partial charge is 0.483 e. The number of carbonyl (C=O) groups excluding carboxylic acids is 1. The summed E-state index contributed by atoms with van der Waals surface area (Å²) in [5, 5.41) is 11.9. The van der Waals surface area contributed by atoms with Crippen molar-refractivity contribution >= 4 is 39.3 Å². The third kappa shape index (κ3) is 5.33. The topological polar surface area (TPSA) is 69.0 Å². The molecule has 1 amide bonds. The predicted octanol–water partition coefficient (Wildman–Crippen LogP) is 4.45. The van der Waals surface area contributed by atoms with Crippen molar-refractivity contribution in [1.82, 2.24) is 14.8 Å². The Kier molecular flexibility index (Phi) is 6.52. The van der Waals surface area contributed by atoms with Gasteiger partial charge in [0.15, 0.2) is 17.1 Å². The zero-order valence-corrected chi connectivity index (χ0v) is 17.3. The second-order valence-electron chi connectivity index (χ2n) is 5.82. The Hall–Kier alpha value is -2.32. The molecule has 0 aliphatic carbocycles. The minimum absolute atomic E-state index is 0.0968. The van der Waals surface area contributed by atoms with E-state index in [1.54, 1.807) is 0 Å². The SMILES string of the molecule is CC(Oc1ccccc1)c1nnc(SCC(=O)Nc2ccc(Br)cc2)n1C. The van der Waals surface area contributed by atoms with Crippen LogP contribution < -0.4 is 10.1 Å². The number of hydrogen-bond acceptors (Lipinski definition) is 5. The third-order valence-electron chi connectivity index (χ3n) is 3.75. The van der Waals surface area contributed by atoms with E-state index < -0.39 is 0 Å². The lowest BCUT2D eigenvalue weighted by Gasteiger charge is -2.14. The van der Waals surface area contributed by atoms with E-state index in [4.69, 9.17) is 4.74 Å². The molecule has 1 heterocycles. The van der Waals surface area contributed by atoms with Crippen LogP contribution in [0.5, 0.6) is 5.75 Å². The number of hydrogen-bond donors (Lipinski definition) is 1. The zero-order chi connectivity index (χ0) is 19.2. The Morgan fingerprint density at radius 2 is 1.89 bits per heavy atom. The van der Waals surface area contributed by atoms with Gasteiger partial charge in [-0.1, -0.05) is 45.9 Å². The highest BCUT2D eigenvalue weighted by atomic mass is 79.9. The molecule has 0 aliphatic heterocycles. The fraction of sp³-hybridized carbons (Fsp3) is 0.211. The van der Waals surface area contributed by atoms with Crippen LogP contribution >= 0.6 is 27.7 Å². The maximum atomic E-state index is 12.1. The third-order valence-corrected chi connectivity index (χ3v) is 5.30. The fourth-order valence-corrected chi connectivity index (χ4v) is 3.40. The van der Waals surface area contributed by atoms with Crippen molar-refractivity contribution in [3.63, 3.8) is 0 Å². The zero-order valence-electron chi connectivity index (χ0n) is 14.9. The Morgan fingerprint density at radius 1 is 1.19 bits per heavy atom. The monoisotopic (exact) mass is 446 g/mol. The van der Waals surface area contributed by atoms with Gasteiger partial charge in [0.25, 0.3) is 0 Å². The van der Waals surface area contributed by atoms with E-state index in [1.165, 1.54) is 11.8 Å². The van der Waals surface area contributed by atoms with Gasteiger partial charge < -0.3 is 14.6 Å². The molecular formula is C19H19BrN4O2S. The summed E-state index contributed by atoms with van der Waals surface area (Å²) in [5.74, 6) is 1.63. The number of ether oxygens (including phenoxy) is 1. The second kappa shape index (κ2) is 9.05. The molecular weight excluding hydrogens is 428 g/mol. The van der Waals surface area contributed by atoms with E-state index >= 15 is 0 Å². The van der Waals surface area contributed by atoms with Crippen LogP contribution in [0.4, 0.5) is 5.69 Å². The Labute approximate surface area is 170 Å². The molecule has 3 aromatic rings. The normalized spacial score (nSPS) is 11.8. The van der Waals surface area contributed by atoms with E-state index in [-0.39, 0.29) is 17.8 Å². The van der Waals surface area contributed by atoms with E-state index in [1.807, 2.05) is 73.1 Å². The number of para-hydroxylation sites is 1. The van der Waals surface area contributed by atoms with Crippen LogP contribution in [0, 0.1) is 0 Å². The molecule has 0 radical (unpaired) electrons. The van der Waals surface area contributed by atoms with Gasteiger partial charge in [-0.15, -0.1) is 10.2 Å². The van der Waals surface area contributed by atoms with Crippen LogP contribution in [0.1, 0.15) is 18.9 Å². The fourth-order valence-electron chi connectivity index (χ4n) is 2.42. The summed E-state index contributed by atoms with van der Waals surface area (Å²) >= 11 is 4.71. The Bertz CT molecular complexity index is 900. The highest BCUT2D eigenvalue weighted by Crippen LogP contribution is 2.23. The quantitative estimate of drug-likeness (QED) is 0.542. The van der Waals surface area contributed by atoms with E-state index in [0.717, 1.165) is 15.9 Å². The number of aromatic nitrogens is 3. The number of halogens is 1. The highest BCUT2D eigenvalue weighted by Gasteiger charge is 2.18. The lowest BCUT2D eigenvalue weighted by Crippen LogP contribution is -2.14. The van der Waals surface area contributed by atoms with Crippen molar-refractivity contribution in [2.75, 3.05) is 11.1 Å². The molecule has 6 nitrogen and oxygen atoms in total. The molecule has 0 bridgehead atoms. The van der Waals surface area contributed by atoms with E-state index in [0.29, 0.717) is 11.0 Å². The summed E-state index contributed by atoms with van der Waals surface area (Å²) in [6.07, 6.45) is -0.254. The Morgan fingerprint density at radius 3 is 2.59 bits per heavy atom.